The van der Waals surface area contributed by atoms with Crippen LogP contribution in [-0.4, -0.2) is 44.9 Å². The van der Waals surface area contributed by atoms with Crippen molar-refractivity contribution in [3.63, 3.8) is 0 Å². The van der Waals surface area contributed by atoms with Crippen molar-refractivity contribution in [3.8, 4) is 6.07 Å². The number of morpholine rings is 1. The maximum atomic E-state index is 13.1. The van der Waals surface area contributed by atoms with Gasteiger partial charge in [0.05, 0.1) is 40.1 Å². The lowest BCUT2D eigenvalue weighted by molar-refractivity contribution is -0.137. The first-order valence-electron chi connectivity index (χ1n) is 9.76. The van der Waals surface area contributed by atoms with Crippen LogP contribution in [0.3, 0.4) is 0 Å². The summed E-state index contributed by atoms with van der Waals surface area (Å²) in [5.74, 6) is -1.10. The zero-order valence-corrected chi connectivity index (χ0v) is 19.0. The monoisotopic (exact) mass is 514 g/mol. The van der Waals surface area contributed by atoms with E-state index in [2.05, 4.69) is 10.6 Å². The number of benzene rings is 2. The zero-order valence-electron chi connectivity index (χ0n) is 17.4. The van der Waals surface area contributed by atoms with Gasteiger partial charge in [0.2, 0.25) is 10.0 Å². The fraction of sp³-hybridized carbons (Fsp3) is 0.238. The number of sulfonamides is 1. The van der Waals surface area contributed by atoms with Gasteiger partial charge in [-0.3, -0.25) is 4.79 Å². The number of carbonyl (C=O) groups is 1. The van der Waals surface area contributed by atoms with Gasteiger partial charge in [0.25, 0.3) is 5.91 Å². The molecule has 0 bridgehead atoms. The second-order valence-electron chi connectivity index (χ2n) is 6.97. The van der Waals surface area contributed by atoms with Gasteiger partial charge in [-0.2, -0.15) is 22.7 Å². The number of para-hydroxylation sites is 1. The Labute approximate surface area is 198 Å². The highest BCUT2D eigenvalue weighted by molar-refractivity contribution is 7.89. The van der Waals surface area contributed by atoms with Gasteiger partial charge in [-0.1, -0.05) is 23.7 Å². The van der Waals surface area contributed by atoms with Crippen molar-refractivity contribution < 1.29 is 31.1 Å². The van der Waals surface area contributed by atoms with Crippen molar-refractivity contribution in [2.75, 3.05) is 36.9 Å². The molecule has 34 heavy (non-hydrogen) atoms. The molecule has 13 heteroatoms. The predicted molar refractivity (Wildman–Crippen MR) is 118 cm³/mol. The maximum Gasteiger partial charge on any atom is 0.418 e. The Kier molecular flexibility index (Phi) is 7.83. The Balaban J connectivity index is 1.82. The lowest BCUT2D eigenvalue weighted by atomic mass is 10.1. The third-order valence-electron chi connectivity index (χ3n) is 4.76. The standard InChI is InChI=1S/C21H18ClF3N4O4S/c22-17-6-5-15(34(31,32)29-7-9-33-10-8-29)11-19(17)27-13-14(12-26)20(30)28-18-4-2-1-3-16(18)21(23,24)25/h1-6,11,13,27H,7-10H2,(H,28,30)/b14-13-. The minimum absolute atomic E-state index is 0.0724. The van der Waals surface area contributed by atoms with E-state index in [1.807, 2.05) is 0 Å². The number of ether oxygens (including phenoxy) is 1. The molecule has 1 fully saturated rings. The van der Waals surface area contributed by atoms with E-state index in [9.17, 15) is 31.6 Å². The summed E-state index contributed by atoms with van der Waals surface area (Å²) in [5.41, 5.74) is -2.07. The van der Waals surface area contributed by atoms with Gasteiger partial charge >= 0.3 is 6.18 Å². The number of rotatable bonds is 6. The summed E-state index contributed by atoms with van der Waals surface area (Å²) in [5, 5.41) is 14.1. The minimum atomic E-state index is -4.71. The zero-order chi connectivity index (χ0) is 24.9. The summed E-state index contributed by atoms with van der Waals surface area (Å²) in [6.45, 7) is 0.898. The Morgan fingerprint density at radius 3 is 2.47 bits per heavy atom. The molecule has 1 amide bonds. The number of anilines is 2. The quantitative estimate of drug-likeness (QED) is 0.447. The molecule has 1 saturated heterocycles. The van der Waals surface area contributed by atoms with Crippen molar-refractivity contribution >= 4 is 38.9 Å². The second-order valence-corrected chi connectivity index (χ2v) is 9.31. The van der Waals surface area contributed by atoms with Crippen LogP contribution >= 0.6 is 11.6 Å². The lowest BCUT2D eigenvalue weighted by Gasteiger charge is -2.26. The van der Waals surface area contributed by atoms with Crippen LogP contribution in [0.15, 0.2) is 59.1 Å². The Morgan fingerprint density at radius 2 is 1.82 bits per heavy atom. The van der Waals surface area contributed by atoms with E-state index in [4.69, 9.17) is 16.3 Å². The van der Waals surface area contributed by atoms with Crippen molar-refractivity contribution in [2.24, 2.45) is 0 Å². The van der Waals surface area contributed by atoms with Crippen LogP contribution in [-0.2, 0) is 25.7 Å². The van der Waals surface area contributed by atoms with Gasteiger partial charge in [0, 0.05) is 19.3 Å². The molecular formula is C21H18ClF3N4O4S. The van der Waals surface area contributed by atoms with E-state index < -0.39 is 38.9 Å². The molecule has 1 heterocycles. The Morgan fingerprint density at radius 1 is 1.15 bits per heavy atom. The highest BCUT2D eigenvalue weighted by Gasteiger charge is 2.33. The van der Waals surface area contributed by atoms with Crippen LogP contribution in [0, 0.1) is 11.3 Å². The molecule has 180 valence electrons. The predicted octanol–water partition coefficient (Wildman–Crippen LogP) is 3.84. The van der Waals surface area contributed by atoms with E-state index in [0.29, 0.717) is 0 Å². The third-order valence-corrected chi connectivity index (χ3v) is 6.99. The van der Waals surface area contributed by atoms with Crippen LogP contribution in [0.4, 0.5) is 24.5 Å². The number of amides is 1. The highest BCUT2D eigenvalue weighted by Crippen LogP contribution is 2.34. The van der Waals surface area contributed by atoms with E-state index >= 15 is 0 Å². The summed E-state index contributed by atoms with van der Waals surface area (Å²) in [4.78, 5) is 12.3. The number of nitrogens with one attached hydrogen (secondary N) is 2. The largest absolute Gasteiger partial charge is 0.418 e. The van der Waals surface area contributed by atoms with E-state index in [1.54, 1.807) is 6.07 Å². The van der Waals surface area contributed by atoms with Crippen molar-refractivity contribution in [2.45, 2.75) is 11.1 Å². The lowest BCUT2D eigenvalue weighted by Crippen LogP contribution is -2.40. The molecule has 1 aliphatic rings. The molecule has 2 aromatic rings. The maximum absolute atomic E-state index is 13.1. The topological polar surface area (TPSA) is 112 Å². The summed E-state index contributed by atoms with van der Waals surface area (Å²) in [6.07, 6.45) is -3.78. The third kappa shape index (κ3) is 5.87. The smallest absolute Gasteiger partial charge is 0.379 e. The van der Waals surface area contributed by atoms with E-state index in [-0.39, 0.29) is 41.9 Å². The molecule has 2 aromatic carbocycles. The number of hydrogen-bond donors (Lipinski definition) is 2. The van der Waals surface area contributed by atoms with E-state index in [0.717, 1.165) is 18.3 Å². The highest BCUT2D eigenvalue weighted by atomic mass is 35.5. The van der Waals surface area contributed by atoms with Gasteiger partial charge in [0.15, 0.2) is 0 Å². The number of alkyl halides is 3. The molecule has 3 rings (SSSR count). The molecule has 0 atom stereocenters. The van der Waals surface area contributed by atoms with Crippen LogP contribution in [0.2, 0.25) is 5.02 Å². The normalized spacial score (nSPS) is 15.4. The Hall–Kier alpha value is -3.11. The molecule has 1 aliphatic heterocycles. The molecule has 8 nitrogen and oxygen atoms in total. The summed E-state index contributed by atoms with van der Waals surface area (Å²) in [6, 6.07) is 9.79. The SMILES string of the molecule is N#C/C(=C/Nc1cc(S(=O)(=O)N2CCOCC2)ccc1Cl)C(=O)Nc1ccccc1C(F)(F)F. The van der Waals surface area contributed by atoms with Gasteiger partial charge in [-0.05, 0) is 30.3 Å². The number of nitrogens with zero attached hydrogens (tertiary/aromatic N) is 2. The number of halogens is 4. The fourth-order valence-corrected chi connectivity index (χ4v) is 4.65. The van der Waals surface area contributed by atoms with Crippen molar-refractivity contribution in [1.29, 1.82) is 5.26 Å². The van der Waals surface area contributed by atoms with Crippen LogP contribution in [0.1, 0.15) is 5.56 Å². The molecule has 0 radical (unpaired) electrons. The molecule has 0 spiro atoms. The Bertz CT molecular complexity index is 1250. The molecule has 0 aromatic heterocycles. The molecular weight excluding hydrogens is 497 g/mol. The van der Waals surface area contributed by atoms with Crippen LogP contribution < -0.4 is 10.6 Å². The summed E-state index contributed by atoms with van der Waals surface area (Å²) >= 11 is 6.11. The van der Waals surface area contributed by atoms with Crippen LogP contribution in [0.5, 0.6) is 0 Å². The van der Waals surface area contributed by atoms with Crippen molar-refractivity contribution in [1.82, 2.24) is 4.31 Å². The number of nitriles is 1. The van der Waals surface area contributed by atoms with Gasteiger partial charge in [0.1, 0.15) is 11.6 Å². The van der Waals surface area contributed by atoms with Crippen LogP contribution in [0.25, 0.3) is 0 Å². The van der Waals surface area contributed by atoms with Gasteiger partial charge < -0.3 is 15.4 Å². The van der Waals surface area contributed by atoms with Gasteiger partial charge in [-0.15, -0.1) is 0 Å². The first-order valence-corrected chi connectivity index (χ1v) is 11.6. The molecule has 0 saturated carbocycles. The minimum Gasteiger partial charge on any atom is -0.379 e. The van der Waals surface area contributed by atoms with Crippen molar-refractivity contribution in [3.05, 3.63) is 64.8 Å². The molecule has 2 N–H and O–H groups in total. The van der Waals surface area contributed by atoms with E-state index in [1.165, 1.54) is 34.6 Å². The fourth-order valence-electron chi connectivity index (χ4n) is 3.04. The number of carbonyl (C=O) groups excluding carboxylic acids is 1. The molecule has 0 unspecified atom stereocenters. The first-order chi connectivity index (χ1) is 16.0. The average Bonchev–Trinajstić information content (AvgIpc) is 2.80. The molecule has 0 aliphatic carbocycles. The average molecular weight is 515 g/mol. The second kappa shape index (κ2) is 10.4. The summed E-state index contributed by atoms with van der Waals surface area (Å²) < 4.78 is 71.5. The summed E-state index contributed by atoms with van der Waals surface area (Å²) in [7, 11) is -3.84. The van der Waals surface area contributed by atoms with Gasteiger partial charge in [-0.25, -0.2) is 8.42 Å². The first kappa shape index (κ1) is 25.5. The number of hydrogen-bond acceptors (Lipinski definition) is 6.